The maximum absolute atomic E-state index is 12.1. The van der Waals surface area contributed by atoms with Crippen LogP contribution in [0.5, 0.6) is 0 Å². The molecule has 0 saturated heterocycles. The molecule has 1 unspecified atom stereocenters. The lowest BCUT2D eigenvalue weighted by atomic mass is 10.1. The topological polar surface area (TPSA) is 38.8 Å². The third-order valence-electron chi connectivity index (χ3n) is 5.06. The Bertz CT molecular complexity index is 483. The normalized spacial score (nSPS) is 13.2. The molecule has 0 rings (SSSR count). The molecule has 0 aliphatic rings. The van der Waals surface area contributed by atoms with Crippen LogP contribution in [-0.2, 0) is 14.3 Å². The summed E-state index contributed by atoms with van der Waals surface area (Å²) >= 11 is 0. The minimum absolute atomic E-state index is 0.0733. The summed E-state index contributed by atoms with van der Waals surface area (Å²) in [4.78, 5) is 14.3. The summed E-state index contributed by atoms with van der Waals surface area (Å²) < 4.78 is 10.8. The minimum Gasteiger partial charge on any atom is -0.460 e. The Hall–Kier alpha value is -1.39. The van der Waals surface area contributed by atoms with E-state index in [9.17, 15) is 4.79 Å². The van der Waals surface area contributed by atoms with E-state index in [1.165, 1.54) is 19.3 Å². The van der Waals surface area contributed by atoms with Gasteiger partial charge in [0.1, 0.15) is 6.10 Å². The van der Waals surface area contributed by atoms with Crippen molar-refractivity contribution in [3.05, 3.63) is 36.5 Å². The van der Waals surface area contributed by atoms with E-state index < -0.39 is 0 Å². The second-order valence-electron chi connectivity index (χ2n) is 8.47. The van der Waals surface area contributed by atoms with Crippen LogP contribution in [0.15, 0.2) is 36.5 Å². The van der Waals surface area contributed by atoms with Gasteiger partial charge < -0.3 is 14.4 Å². The SMILES string of the molecule is CC/C=C\C/C=C\C/C=C\CCCCCCCC(=O)OC(CCCCN(C)C)COC. The lowest BCUT2D eigenvalue weighted by molar-refractivity contribution is -0.152. The summed E-state index contributed by atoms with van der Waals surface area (Å²) in [6, 6.07) is 0. The second kappa shape index (κ2) is 23.3. The van der Waals surface area contributed by atoms with Gasteiger partial charge in [0.05, 0.1) is 6.61 Å². The number of hydrogen-bond acceptors (Lipinski definition) is 4. The maximum Gasteiger partial charge on any atom is 0.306 e. The zero-order valence-electron chi connectivity index (χ0n) is 20.8. The molecule has 1 atom stereocenters. The molecular formula is C27H49NO3. The van der Waals surface area contributed by atoms with Gasteiger partial charge in [-0.1, -0.05) is 62.6 Å². The number of hydrogen-bond donors (Lipinski definition) is 0. The van der Waals surface area contributed by atoms with E-state index in [1.54, 1.807) is 7.11 Å². The van der Waals surface area contributed by atoms with Crippen LogP contribution in [0.4, 0.5) is 0 Å². The highest BCUT2D eigenvalue weighted by atomic mass is 16.6. The molecular weight excluding hydrogens is 386 g/mol. The van der Waals surface area contributed by atoms with E-state index in [0.29, 0.717) is 13.0 Å². The molecule has 4 nitrogen and oxygen atoms in total. The molecule has 0 aromatic heterocycles. The number of esters is 1. The molecule has 31 heavy (non-hydrogen) atoms. The molecule has 0 radical (unpaired) electrons. The van der Waals surface area contributed by atoms with Gasteiger partial charge in [0.25, 0.3) is 0 Å². The predicted molar refractivity (Wildman–Crippen MR) is 133 cm³/mol. The fourth-order valence-corrected chi connectivity index (χ4v) is 3.30. The monoisotopic (exact) mass is 435 g/mol. The molecule has 0 saturated carbocycles. The number of carbonyl (C=O) groups excluding carboxylic acids is 1. The molecule has 0 aliphatic heterocycles. The van der Waals surface area contributed by atoms with Gasteiger partial charge in [0.2, 0.25) is 0 Å². The molecule has 0 amide bonds. The quantitative estimate of drug-likeness (QED) is 0.112. The number of nitrogens with zero attached hydrogens (tertiary/aromatic N) is 1. The predicted octanol–water partition coefficient (Wildman–Crippen LogP) is 6.87. The highest BCUT2D eigenvalue weighted by Gasteiger charge is 2.14. The first-order valence-electron chi connectivity index (χ1n) is 12.4. The molecule has 180 valence electrons. The van der Waals surface area contributed by atoms with Gasteiger partial charge >= 0.3 is 5.97 Å². The van der Waals surface area contributed by atoms with Crippen molar-refractivity contribution >= 4 is 5.97 Å². The van der Waals surface area contributed by atoms with Crippen LogP contribution in [0, 0.1) is 0 Å². The molecule has 0 N–H and O–H groups in total. The highest BCUT2D eigenvalue weighted by Crippen LogP contribution is 2.11. The Morgan fingerprint density at radius 1 is 0.839 bits per heavy atom. The van der Waals surface area contributed by atoms with Gasteiger partial charge in [-0.3, -0.25) is 4.79 Å². The lowest BCUT2D eigenvalue weighted by Crippen LogP contribution is -2.23. The van der Waals surface area contributed by atoms with E-state index in [1.807, 2.05) is 0 Å². The number of carbonyl (C=O) groups is 1. The number of rotatable bonds is 21. The molecule has 0 aliphatic carbocycles. The summed E-state index contributed by atoms with van der Waals surface area (Å²) in [5.74, 6) is -0.0733. The highest BCUT2D eigenvalue weighted by molar-refractivity contribution is 5.69. The number of allylic oxidation sites excluding steroid dienone is 6. The van der Waals surface area contributed by atoms with Crippen LogP contribution in [0.25, 0.3) is 0 Å². The van der Waals surface area contributed by atoms with E-state index in [0.717, 1.165) is 64.3 Å². The summed E-state index contributed by atoms with van der Waals surface area (Å²) in [7, 11) is 5.83. The number of unbranched alkanes of at least 4 members (excludes halogenated alkanes) is 6. The maximum atomic E-state index is 12.1. The molecule has 4 heteroatoms. The van der Waals surface area contributed by atoms with Crippen molar-refractivity contribution in [1.82, 2.24) is 4.90 Å². The summed E-state index contributed by atoms with van der Waals surface area (Å²) in [6.45, 7) is 3.72. The van der Waals surface area contributed by atoms with Crippen LogP contribution >= 0.6 is 0 Å². The van der Waals surface area contributed by atoms with Gasteiger partial charge in [-0.15, -0.1) is 0 Å². The first-order valence-corrected chi connectivity index (χ1v) is 12.4. The zero-order chi connectivity index (χ0) is 23.0. The summed E-state index contributed by atoms with van der Waals surface area (Å²) in [5.41, 5.74) is 0. The number of ether oxygens (including phenoxy) is 2. The average molecular weight is 436 g/mol. The van der Waals surface area contributed by atoms with Crippen LogP contribution in [0.2, 0.25) is 0 Å². The van der Waals surface area contributed by atoms with Crippen molar-refractivity contribution in [3.63, 3.8) is 0 Å². The molecule has 0 fully saturated rings. The van der Waals surface area contributed by atoms with Gasteiger partial charge in [0, 0.05) is 13.5 Å². The third kappa shape index (κ3) is 23.1. The fraction of sp³-hybridized carbons (Fsp3) is 0.741. The smallest absolute Gasteiger partial charge is 0.306 e. The van der Waals surface area contributed by atoms with Crippen molar-refractivity contribution in [3.8, 4) is 0 Å². The van der Waals surface area contributed by atoms with Crippen LogP contribution < -0.4 is 0 Å². The van der Waals surface area contributed by atoms with E-state index in [2.05, 4.69) is 62.4 Å². The Morgan fingerprint density at radius 2 is 1.48 bits per heavy atom. The molecule has 0 spiro atoms. The molecule has 0 heterocycles. The lowest BCUT2D eigenvalue weighted by Gasteiger charge is -2.17. The van der Waals surface area contributed by atoms with E-state index in [-0.39, 0.29) is 12.1 Å². The number of methoxy groups -OCH3 is 1. The largest absolute Gasteiger partial charge is 0.460 e. The Balaban J connectivity index is 3.64. The fourth-order valence-electron chi connectivity index (χ4n) is 3.30. The summed E-state index contributed by atoms with van der Waals surface area (Å²) in [6.07, 6.45) is 26.9. The first kappa shape index (κ1) is 29.6. The van der Waals surface area contributed by atoms with Crippen LogP contribution in [0.3, 0.4) is 0 Å². The molecule has 0 bridgehead atoms. The van der Waals surface area contributed by atoms with Gasteiger partial charge in [-0.05, 0) is 78.4 Å². The Labute approximate surface area is 192 Å². The van der Waals surface area contributed by atoms with E-state index >= 15 is 0 Å². The summed E-state index contributed by atoms with van der Waals surface area (Å²) in [5, 5.41) is 0. The first-order chi connectivity index (χ1) is 15.1. The van der Waals surface area contributed by atoms with Crippen molar-refractivity contribution in [2.45, 2.75) is 96.5 Å². The van der Waals surface area contributed by atoms with E-state index in [4.69, 9.17) is 9.47 Å². The van der Waals surface area contributed by atoms with Crippen LogP contribution in [0.1, 0.15) is 90.4 Å². The standard InChI is InChI=1S/C27H49NO3/c1-5-6-7-8-9-10-11-12-13-14-15-16-17-18-19-23-27(29)31-26(25-30-4)22-20-21-24-28(2)3/h6-7,9-10,12-13,26H,5,8,11,14-25H2,1-4H3/b7-6-,10-9-,13-12-. The Kier molecular flexibility index (Phi) is 22.2. The molecule has 0 aromatic rings. The zero-order valence-corrected chi connectivity index (χ0v) is 20.8. The van der Waals surface area contributed by atoms with Crippen molar-refractivity contribution < 1.29 is 14.3 Å². The second-order valence-corrected chi connectivity index (χ2v) is 8.47. The van der Waals surface area contributed by atoms with Gasteiger partial charge in [0.15, 0.2) is 0 Å². The van der Waals surface area contributed by atoms with Crippen LogP contribution in [-0.4, -0.2) is 51.3 Å². The van der Waals surface area contributed by atoms with Crippen molar-refractivity contribution in [1.29, 1.82) is 0 Å². The van der Waals surface area contributed by atoms with Crippen molar-refractivity contribution in [2.75, 3.05) is 34.4 Å². The molecule has 0 aromatic carbocycles. The van der Waals surface area contributed by atoms with Crippen molar-refractivity contribution in [2.24, 2.45) is 0 Å². The average Bonchev–Trinajstić information content (AvgIpc) is 2.74. The van der Waals surface area contributed by atoms with Gasteiger partial charge in [-0.25, -0.2) is 0 Å². The Morgan fingerprint density at radius 3 is 2.16 bits per heavy atom. The third-order valence-corrected chi connectivity index (χ3v) is 5.06. The minimum atomic E-state index is -0.103. The van der Waals surface area contributed by atoms with Gasteiger partial charge in [-0.2, -0.15) is 0 Å².